The molecule has 0 unspecified atom stereocenters. The van der Waals surface area contributed by atoms with Crippen molar-refractivity contribution < 1.29 is 37.1 Å². The first-order valence-corrected chi connectivity index (χ1v) is 13.5. The topological polar surface area (TPSA) is 122 Å². The van der Waals surface area contributed by atoms with E-state index in [0.29, 0.717) is 16.1 Å². The number of hydrogen-bond acceptors (Lipinski definition) is 5. The van der Waals surface area contributed by atoms with Crippen molar-refractivity contribution in [3.63, 3.8) is 0 Å². The van der Waals surface area contributed by atoms with Crippen molar-refractivity contribution >= 4 is 39.4 Å². The molecule has 0 saturated heterocycles. The highest BCUT2D eigenvalue weighted by Crippen LogP contribution is 2.38. The van der Waals surface area contributed by atoms with Gasteiger partial charge in [0.1, 0.15) is 0 Å². The number of carbonyl (C=O) groups excluding carboxylic acids is 2. The Hall–Kier alpha value is -3.67. The SMILES string of the molecule is O=C(O)C[C@H]1CC[C@H](c2ccc(NC(=O)CCNC(=O)c3nc(-c4ccc(Br)cc4)oc3C(F)(F)F)cc2)CC1. The van der Waals surface area contributed by atoms with Gasteiger partial charge in [-0.15, -0.1) is 0 Å². The van der Waals surface area contributed by atoms with Gasteiger partial charge in [0.25, 0.3) is 5.91 Å². The predicted molar refractivity (Wildman–Crippen MR) is 144 cm³/mol. The number of carboxylic acid groups (broad SMARTS) is 1. The highest BCUT2D eigenvalue weighted by molar-refractivity contribution is 9.10. The fourth-order valence-corrected chi connectivity index (χ4v) is 5.03. The van der Waals surface area contributed by atoms with Gasteiger partial charge < -0.3 is 20.2 Å². The minimum absolute atomic E-state index is 0.167. The van der Waals surface area contributed by atoms with Gasteiger partial charge in [-0.2, -0.15) is 13.2 Å². The van der Waals surface area contributed by atoms with Crippen LogP contribution in [0.5, 0.6) is 0 Å². The van der Waals surface area contributed by atoms with Gasteiger partial charge in [0.15, 0.2) is 5.69 Å². The summed E-state index contributed by atoms with van der Waals surface area (Å²) in [5, 5.41) is 14.0. The van der Waals surface area contributed by atoms with Crippen LogP contribution in [0.3, 0.4) is 0 Å². The largest absolute Gasteiger partial charge is 0.481 e. The van der Waals surface area contributed by atoms with Crippen molar-refractivity contribution in [1.29, 1.82) is 0 Å². The zero-order valence-corrected chi connectivity index (χ0v) is 22.8. The third-order valence-corrected chi connectivity index (χ3v) is 7.33. The number of carbonyl (C=O) groups is 3. The van der Waals surface area contributed by atoms with Crippen LogP contribution in [0.2, 0.25) is 0 Å². The molecule has 212 valence electrons. The van der Waals surface area contributed by atoms with Gasteiger partial charge in [-0.25, -0.2) is 4.98 Å². The van der Waals surface area contributed by atoms with Gasteiger partial charge in [-0.1, -0.05) is 28.1 Å². The molecule has 0 bridgehead atoms. The first kappa shape index (κ1) is 29.3. The average Bonchev–Trinajstić information content (AvgIpc) is 3.36. The Morgan fingerprint density at radius 1 is 1.00 bits per heavy atom. The number of halogens is 4. The van der Waals surface area contributed by atoms with E-state index in [2.05, 4.69) is 31.5 Å². The summed E-state index contributed by atoms with van der Waals surface area (Å²) < 4.78 is 46.1. The van der Waals surface area contributed by atoms with Crippen molar-refractivity contribution in [2.24, 2.45) is 5.92 Å². The highest BCUT2D eigenvalue weighted by atomic mass is 79.9. The molecule has 2 amide bonds. The lowest BCUT2D eigenvalue weighted by Gasteiger charge is -2.28. The van der Waals surface area contributed by atoms with E-state index in [0.717, 1.165) is 31.2 Å². The molecule has 2 aromatic carbocycles. The monoisotopic (exact) mass is 621 g/mol. The molecule has 3 aromatic rings. The number of hydrogen-bond donors (Lipinski definition) is 3. The average molecular weight is 622 g/mol. The van der Waals surface area contributed by atoms with Gasteiger partial charge in [0.05, 0.1) is 0 Å². The van der Waals surface area contributed by atoms with Crippen LogP contribution in [0.15, 0.2) is 57.4 Å². The highest BCUT2D eigenvalue weighted by Gasteiger charge is 2.42. The Balaban J connectivity index is 1.28. The first-order valence-electron chi connectivity index (χ1n) is 12.7. The molecule has 1 saturated carbocycles. The van der Waals surface area contributed by atoms with E-state index in [4.69, 9.17) is 9.52 Å². The second-order valence-electron chi connectivity index (χ2n) is 9.69. The predicted octanol–water partition coefficient (Wildman–Crippen LogP) is 6.63. The quantitative estimate of drug-likeness (QED) is 0.246. The standard InChI is InChI=1S/C28H27BrF3N3O5/c29-20-9-5-19(6-10-20)27-35-24(25(40-27)28(30,31)32)26(39)33-14-13-22(36)34-21-11-7-18(8-12-21)17-3-1-16(2-4-17)15-23(37)38/h5-12,16-17H,1-4,13-15H2,(H,33,39)(H,34,36)(H,37,38)/t16-,17-. The molecule has 0 atom stereocenters. The van der Waals surface area contributed by atoms with Crippen molar-refractivity contribution in [3.05, 3.63) is 70.0 Å². The maximum absolute atomic E-state index is 13.5. The van der Waals surface area contributed by atoms with Crippen molar-refractivity contribution in [3.8, 4) is 11.5 Å². The Bertz CT molecular complexity index is 1350. The lowest BCUT2D eigenvalue weighted by atomic mass is 9.77. The van der Waals surface area contributed by atoms with E-state index in [1.807, 2.05) is 12.1 Å². The molecule has 8 nitrogen and oxygen atoms in total. The number of oxazole rings is 1. The number of anilines is 1. The Labute approximate surface area is 236 Å². The van der Waals surface area contributed by atoms with Crippen LogP contribution in [0.1, 0.15) is 66.3 Å². The molecule has 0 spiro atoms. The van der Waals surface area contributed by atoms with Crippen molar-refractivity contribution in [1.82, 2.24) is 10.3 Å². The van der Waals surface area contributed by atoms with E-state index >= 15 is 0 Å². The van der Waals surface area contributed by atoms with Crippen LogP contribution < -0.4 is 10.6 Å². The van der Waals surface area contributed by atoms with Crippen LogP contribution in [0.25, 0.3) is 11.5 Å². The number of carboxylic acids is 1. The van der Waals surface area contributed by atoms with E-state index in [-0.39, 0.29) is 36.8 Å². The molecule has 4 rings (SSSR count). The number of alkyl halides is 3. The van der Waals surface area contributed by atoms with Crippen molar-refractivity contribution in [2.45, 2.75) is 50.6 Å². The van der Waals surface area contributed by atoms with Crippen LogP contribution in [0.4, 0.5) is 18.9 Å². The summed E-state index contributed by atoms with van der Waals surface area (Å²) >= 11 is 3.24. The molecule has 1 fully saturated rings. The molecule has 1 aliphatic rings. The number of aromatic nitrogens is 1. The Morgan fingerprint density at radius 3 is 2.25 bits per heavy atom. The van der Waals surface area contributed by atoms with Gasteiger partial charge in [-0.05, 0) is 79.5 Å². The van der Waals surface area contributed by atoms with Crippen molar-refractivity contribution in [2.75, 3.05) is 11.9 Å². The summed E-state index contributed by atoms with van der Waals surface area (Å²) in [5.41, 5.74) is 1.03. The van der Waals surface area contributed by atoms with E-state index in [1.165, 1.54) is 12.1 Å². The van der Waals surface area contributed by atoms with Crippen LogP contribution in [-0.4, -0.2) is 34.4 Å². The molecule has 12 heteroatoms. The van der Waals surface area contributed by atoms with E-state index in [1.54, 1.807) is 24.3 Å². The molecule has 0 aliphatic heterocycles. The Morgan fingerprint density at radius 2 is 1.65 bits per heavy atom. The third kappa shape index (κ3) is 7.71. The number of nitrogens with zero attached hydrogens (tertiary/aromatic N) is 1. The number of rotatable bonds is 9. The van der Waals surface area contributed by atoms with Crippen LogP contribution in [0, 0.1) is 5.92 Å². The molecular formula is C28H27BrF3N3O5. The number of aliphatic carboxylic acids is 1. The fraction of sp³-hybridized carbons (Fsp3) is 0.357. The maximum atomic E-state index is 13.5. The lowest BCUT2D eigenvalue weighted by Crippen LogP contribution is -2.29. The van der Waals surface area contributed by atoms with Gasteiger partial charge in [-0.3, -0.25) is 14.4 Å². The van der Waals surface area contributed by atoms with Gasteiger partial charge in [0, 0.05) is 35.1 Å². The summed E-state index contributed by atoms with van der Waals surface area (Å²) in [7, 11) is 0. The number of nitrogens with one attached hydrogen (secondary N) is 2. The smallest absolute Gasteiger partial charge is 0.452 e. The lowest BCUT2D eigenvalue weighted by molar-refractivity contribution is -0.153. The zero-order valence-electron chi connectivity index (χ0n) is 21.3. The summed E-state index contributed by atoms with van der Waals surface area (Å²) in [5.74, 6) is -3.60. The van der Waals surface area contributed by atoms with E-state index < -0.39 is 35.4 Å². The van der Waals surface area contributed by atoms with E-state index in [9.17, 15) is 27.6 Å². The number of benzene rings is 2. The Kier molecular flexibility index (Phi) is 9.28. The summed E-state index contributed by atoms with van der Waals surface area (Å²) in [6, 6.07) is 13.6. The van der Waals surface area contributed by atoms with Gasteiger partial charge in [0.2, 0.25) is 17.6 Å². The number of amides is 2. The molecule has 1 aliphatic carbocycles. The normalized spacial score (nSPS) is 17.3. The maximum Gasteiger partial charge on any atom is 0.452 e. The summed E-state index contributed by atoms with van der Waals surface area (Å²) in [6.07, 6.45) is -1.34. The molecular weight excluding hydrogens is 595 g/mol. The molecule has 3 N–H and O–H groups in total. The molecule has 1 heterocycles. The second kappa shape index (κ2) is 12.7. The summed E-state index contributed by atoms with van der Waals surface area (Å²) in [4.78, 5) is 39.5. The second-order valence-corrected chi connectivity index (χ2v) is 10.6. The summed E-state index contributed by atoms with van der Waals surface area (Å²) in [6.45, 7) is -0.208. The third-order valence-electron chi connectivity index (χ3n) is 6.80. The molecule has 40 heavy (non-hydrogen) atoms. The molecule has 0 radical (unpaired) electrons. The van der Waals surface area contributed by atoms with Gasteiger partial charge >= 0.3 is 12.1 Å². The fourth-order valence-electron chi connectivity index (χ4n) is 4.76. The molecule has 1 aromatic heterocycles. The zero-order chi connectivity index (χ0) is 28.9. The first-order chi connectivity index (χ1) is 19.0. The minimum atomic E-state index is -4.94. The minimum Gasteiger partial charge on any atom is -0.481 e. The van der Waals surface area contributed by atoms with Crippen LogP contribution in [-0.2, 0) is 15.8 Å². The van der Waals surface area contributed by atoms with Crippen LogP contribution >= 0.6 is 15.9 Å².